The fourth-order valence-corrected chi connectivity index (χ4v) is 3.92. The molecule has 1 heterocycles. The van der Waals surface area contributed by atoms with Crippen LogP contribution in [0.3, 0.4) is 0 Å². The standard InChI is InChI=1S/C20H18F2N4OS2/c1-2-12-26-18(14-8-4-3-5-9-14)24-25-20(26)28-13-17(27)23-15-10-6-7-11-16(15)29-19(21)22/h2-11,19H,1,12-13H2,(H,23,27). The molecule has 0 atom stereocenters. The first-order chi connectivity index (χ1) is 14.1. The van der Waals surface area contributed by atoms with Crippen LogP contribution in [0.4, 0.5) is 14.5 Å². The van der Waals surface area contributed by atoms with Crippen LogP contribution in [0.5, 0.6) is 0 Å². The van der Waals surface area contributed by atoms with E-state index < -0.39 is 5.76 Å². The molecule has 0 bridgehead atoms. The maximum Gasteiger partial charge on any atom is 0.288 e. The highest BCUT2D eigenvalue weighted by Crippen LogP contribution is 2.32. The van der Waals surface area contributed by atoms with Gasteiger partial charge in [-0.3, -0.25) is 9.36 Å². The Morgan fingerprint density at radius 3 is 2.59 bits per heavy atom. The maximum absolute atomic E-state index is 12.7. The predicted molar refractivity (Wildman–Crippen MR) is 113 cm³/mol. The summed E-state index contributed by atoms with van der Waals surface area (Å²) in [5.74, 6) is -2.12. The molecule has 0 spiro atoms. The van der Waals surface area contributed by atoms with Gasteiger partial charge in [0.2, 0.25) is 5.91 Å². The molecule has 0 saturated carbocycles. The quantitative estimate of drug-likeness (QED) is 0.373. The number of halogens is 2. The molecule has 2 aromatic carbocycles. The van der Waals surface area contributed by atoms with Gasteiger partial charge in [-0.1, -0.05) is 72.1 Å². The van der Waals surface area contributed by atoms with E-state index in [9.17, 15) is 13.6 Å². The SMILES string of the molecule is C=CCn1c(SCC(=O)Nc2ccccc2SC(F)F)nnc1-c1ccccc1. The number of aromatic nitrogens is 3. The molecule has 0 aliphatic rings. The monoisotopic (exact) mass is 432 g/mol. The van der Waals surface area contributed by atoms with Gasteiger partial charge in [0, 0.05) is 17.0 Å². The second-order valence-corrected chi connectivity index (χ2v) is 7.76. The number of nitrogens with zero attached hydrogens (tertiary/aromatic N) is 3. The smallest absolute Gasteiger partial charge is 0.288 e. The van der Waals surface area contributed by atoms with Crippen molar-refractivity contribution in [1.82, 2.24) is 14.8 Å². The van der Waals surface area contributed by atoms with Crippen molar-refractivity contribution in [2.45, 2.75) is 22.4 Å². The Balaban J connectivity index is 1.70. The maximum atomic E-state index is 12.7. The summed E-state index contributed by atoms with van der Waals surface area (Å²) in [6, 6.07) is 16.1. The highest BCUT2D eigenvalue weighted by molar-refractivity contribution is 8.00. The van der Waals surface area contributed by atoms with E-state index in [2.05, 4.69) is 22.1 Å². The molecule has 0 fully saturated rings. The van der Waals surface area contributed by atoms with Crippen LogP contribution >= 0.6 is 23.5 Å². The summed E-state index contributed by atoms with van der Waals surface area (Å²) >= 11 is 1.62. The van der Waals surface area contributed by atoms with Crippen LogP contribution in [-0.2, 0) is 11.3 Å². The van der Waals surface area contributed by atoms with Gasteiger partial charge in [-0.2, -0.15) is 8.78 Å². The first-order valence-electron chi connectivity index (χ1n) is 8.64. The molecule has 5 nitrogen and oxygen atoms in total. The first-order valence-corrected chi connectivity index (χ1v) is 10.5. The summed E-state index contributed by atoms with van der Waals surface area (Å²) in [7, 11) is 0. The van der Waals surface area contributed by atoms with Gasteiger partial charge in [0.25, 0.3) is 5.76 Å². The third-order valence-corrected chi connectivity index (χ3v) is 5.52. The number of hydrogen-bond donors (Lipinski definition) is 1. The van der Waals surface area contributed by atoms with Crippen LogP contribution in [0.2, 0.25) is 0 Å². The summed E-state index contributed by atoms with van der Waals surface area (Å²) in [6.07, 6.45) is 1.73. The van der Waals surface area contributed by atoms with E-state index in [0.29, 0.717) is 39.9 Å². The number of hydrogen-bond acceptors (Lipinski definition) is 5. The lowest BCUT2D eigenvalue weighted by Gasteiger charge is -2.10. The third kappa shape index (κ3) is 5.68. The van der Waals surface area contributed by atoms with Crippen molar-refractivity contribution in [3.05, 3.63) is 67.3 Å². The van der Waals surface area contributed by atoms with E-state index in [-0.39, 0.29) is 11.7 Å². The molecule has 29 heavy (non-hydrogen) atoms. The van der Waals surface area contributed by atoms with Crippen molar-refractivity contribution in [3.63, 3.8) is 0 Å². The molecule has 0 aliphatic carbocycles. The average molecular weight is 433 g/mol. The lowest BCUT2D eigenvalue weighted by molar-refractivity contribution is -0.113. The lowest BCUT2D eigenvalue weighted by Crippen LogP contribution is -2.15. The van der Waals surface area contributed by atoms with Crippen LogP contribution in [0, 0.1) is 0 Å². The highest BCUT2D eigenvalue weighted by atomic mass is 32.2. The summed E-state index contributed by atoms with van der Waals surface area (Å²) in [5, 5.41) is 11.7. The fraction of sp³-hybridized carbons (Fsp3) is 0.150. The first kappa shape index (κ1) is 21.1. The van der Waals surface area contributed by atoms with Crippen molar-refractivity contribution in [2.24, 2.45) is 0 Å². The minimum Gasteiger partial charge on any atom is -0.324 e. The number of alkyl halides is 2. The zero-order valence-corrected chi connectivity index (χ0v) is 16.9. The molecule has 1 amide bonds. The number of benzene rings is 2. The zero-order valence-electron chi connectivity index (χ0n) is 15.3. The van der Waals surface area contributed by atoms with Crippen LogP contribution < -0.4 is 5.32 Å². The molecule has 0 aliphatic heterocycles. The Hall–Kier alpha value is -2.65. The van der Waals surface area contributed by atoms with Crippen LogP contribution in [-0.4, -0.2) is 32.2 Å². The normalized spacial score (nSPS) is 10.9. The number of thioether (sulfide) groups is 2. The van der Waals surface area contributed by atoms with Gasteiger partial charge < -0.3 is 5.32 Å². The predicted octanol–water partition coefficient (Wildman–Crippen LogP) is 5.18. The Morgan fingerprint density at radius 2 is 1.86 bits per heavy atom. The molecular formula is C20H18F2N4OS2. The zero-order chi connectivity index (χ0) is 20.6. The van der Waals surface area contributed by atoms with Crippen molar-refractivity contribution in [1.29, 1.82) is 0 Å². The van der Waals surface area contributed by atoms with Gasteiger partial charge in [0.05, 0.1) is 11.4 Å². The number of carbonyl (C=O) groups is 1. The number of para-hydroxylation sites is 1. The minimum atomic E-state index is -2.56. The molecular weight excluding hydrogens is 414 g/mol. The largest absolute Gasteiger partial charge is 0.324 e. The van der Waals surface area contributed by atoms with Crippen molar-refractivity contribution in [3.8, 4) is 11.4 Å². The molecule has 150 valence electrons. The van der Waals surface area contributed by atoms with E-state index in [1.165, 1.54) is 11.8 Å². The molecule has 9 heteroatoms. The van der Waals surface area contributed by atoms with Gasteiger partial charge >= 0.3 is 0 Å². The van der Waals surface area contributed by atoms with Gasteiger partial charge in [-0.15, -0.1) is 16.8 Å². The molecule has 3 aromatic rings. The Labute approximate surface area is 175 Å². The van der Waals surface area contributed by atoms with Crippen LogP contribution in [0.15, 0.2) is 77.3 Å². The number of rotatable bonds is 9. The van der Waals surface area contributed by atoms with Gasteiger partial charge in [0.15, 0.2) is 11.0 Å². The van der Waals surface area contributed by atoms with Gasteiger partial charge in [-0.05, 0) is 12.1 Å². The van der Waals surface area contributed by atoms with Crippen LogP contribution in [0.25, 0.3) is 11.4 Å². The van der Waals surface area contributed by atoms with Gasteiger partial charge in [0.1, 0.15) is 0 Å². The van der Waals surface area contributed by atoms with E-state index >= 15 is 0 Å². The van der Waals surface area contributed by atoms with Gasteiger partial charge in [-0.25, -0.2) is 0 Å². The number of carbonyl (C=O) groups excluding carboxylic acids is 1. The lowest BCUT2D eigenvalue weighted by atomic mass is 10.2. The second kappa shape index (κ2) is 10.2. The summed E-state index contributed by atoms with van der Waals surface area (Å²) in [6.45, 7) is 4.26. The summed E-state index contributed by atoms with van der Waals surface area (Å²) in [4.78, 5) is 12.7. The number of amides is 1. The second-order valence-electron chi connectivity index (χ2n) is 5.78. The molecule has 1 aromatic heterocycles. The molecule has 0 unspecified atom stereocenters. The van der Waals surface area contributed by atoms with Crippen LogP contribution in [0.1, 0.15) is 0 Å². The molecule has 0 radical (unpaired) electrons. The molecule has 0 saturated heterocycles. The van der Waals surface area contributed by atoms with E-state index in [1.54, 1.807) is 30.3 Å². The highest BCUT2D eigenvalue weighted by Gasteiger charge is 2.16. The molecule has 1 N–H and O–H groups in total. The summed E-state index contributed by atoms with van der Waals surface area (Å²) in [5.41, 5.74) is 1.28. The van der Waals surface area contributed by atoms with E-state index in [1.807, 2.05) is 34.9 Å². The average Bonchev–Trinajstić information content (AvgIpc) is 3.11. The van der Waals surface area contributed by atoms with E-state index in [0.717, 1.165) is 5.56 Å². The van der Waals surface area contributed by atoms with Crippen molar-refractivity contribution in [2.75, 3.05) is 11.1 Å². The van der Waals surface area contributed by atoms with Crippen molar-refractivity contribution >= 4 is 35.1 Å². The minimum absolute atomic E-state index is 0.0672. The third-order valence-electron chi connectivity index (χ3n) is 3.77. The molecule has 3 rings (SSSR count). The van der Waals surface area contributed by atoms with E-state index in [4.69, 9.17) is 0 Å². The summed E-state index contributed by atoms with van der Waals surface area (Å²) < 4.78 is 27.2. The Bertz CT molecular complexity index is 980. The van der Waals surface area contributed by atoms with Crippen molar-refractivity contribution < 1.29 is 13.6 Å². The number of anilines is 1. The fourth-order valence-electron chi connectivity index (χ4n) is 2.57. The Kier molecular flexibility index (Phi) is 7.42. The topological polar surface area (TPSA) is 59.8 Å². The number of allylic oxidation sites excluding steroid dienone is 1. The Morgan fingerprint density at radius 1 is 1.14 bits per heavy atom. The number of nitrogens with one attached hydrogen (secondary N) is 1.